The zero-order chi connectivity index (χ0) is 11.1. The third-order valence-electron chi connectivity index (χ3n) is 3.22. The van der Waals surface area contributed by atoms with Gasteiger partial charge in [0.15, 0.2) is 0 Å². The number of rotatable bonds is 6. The van der Waals surface area contributed by atoms with Crippen molar-refractivity contribution < 1.29 is 0 Å². The first-order valence-electron chi connectivity index (χ1n) is 6.32. The smallest absolute Gasteiger partial charge is 0.0110 e. The molecular weight excluding hydrogens is 186 g/mol. The normalized spacial score (nSPS) is 20.0. The minimum absolute atomic E-state index is 1.24. The SMILES string of the molecule is CCCN(C)CCCN1CCN(C)CC1. The summed E-state index contributed by atoms with van der Waals surface area (Å²) in [7, 11) is 4.44. The zero-order valence-electron chi connectivity index (χ0n) is 10.7. The molecule has 0 aromatic carbocycles. The second-order valence-corrected chi connectivity index (χ2v) is 4.80. The molecule has 3 nitrogen and oxygen atoms in total. The van der Waals surface area contributed by atoms with Crippen LogP contribution in [-0.4, -0.2) is 74.6 Å². The van der Waals surface area contributed by atoms with Gasteiger partial charge in [0.25, 0.3) is 0 Å². The minimum atomic E-state index is 1.24. The Hall–Kier alpha value is -0.120. The van der Waals surface area contributed by atoms with Crippen LogP contribution in [-0.2, 0) is 0 Å². The van der Waals surface area contributed by atoms with E-state index in [1.54, 1.807) is 0 Å². The van der Waals surface area contributed by atoms with Crippen LogP contribution in [0.3, 0.4) is 0 Å². The molecular formula is C12H27N3. The van der Waals surface area contributed by atoms with Gasteiger partial charge >= 0.3 is 0 Å². The Morgan fingerprint density at radius 3 is 2.33 bits per heavy atom. The number of likely N-dealkylation sites (N-methyl/N-ethyl adjacent to an activating group) is 1. The van der Waals surface area contributed by atoms with Crippen molar-refractivity contribution in [2.24, 2.45) is 0 Å². The molecule has 1 heterocycles. The molecule has 1 rings (SSSR count). The molecule has 0 bridgehead atoms. The quantitative estimate of drug-likeness (QED) is 0.651. The van der Waals surface area contributed by atoms with Crippen LogP contribution in [0.4, 0.5) is 0 Å². The van der Waals surface area contributed by atoms with Gasteiger partial charge in [0.2, 0.25) is 0 Å². The molecule has 0 aromatic heterocycles. The summed E-state index contributed by atoms with van der Waals surface area (Å²) in [6.07, 6.45) is 2.59. The predicted octanol–water partition coefficient (Wildman–Crippen LogP) is 0.966. The lowest BCUT2D eigenvalue weighted by molar-refractivity contribution is 0.148. The van der Waals surface area contributed by atoms with Crippen LogP contribution in [0.2, 0.25) is 0 Å². The molecule has 0 spiro atoms. The highest BCUT2D eigenvalue weighted by atomic mass is 15.2. The molecule has 15 heavy (non-hydrogen) atoms. The standard InChI is InChI=1S/C12H27N3/c1-4-6-13(2)7-5-8-15-11-9-14(3)10-12-15/h4-12H2,1-3H3. The van der Waals surface area contributed by atoms with Gasteiger partial charge in [0.05, 0.1) is 0 Å². The Labute approximate surface area is 95.0 Å². The van der Waals surface area contributed by atoms with Crippen LogP contribution >= 0.6 is 0 Å². The van der Waals surface area contributed by atoms with Crippen molar-refractivity contribution in [2.75, 3.05) is 59.9 Å². The van der Waals surface area contributed by atoms with E-state index in [9.17, 15) is 0 Å². The molecule has 3 heteroatoms. The Morgan fingerprint density at radius 1 is 1.07 bits per heavy atom. The van der Waals surface area contributed by atoms with Gasteiger partial charge in [0.1, 0.15) is 0 Å². The fourth-order valence-electron chi connectivity index (χ4n) is 2.13. The van der Waals surface area contributed by atoms with Gasteiger partial charge in [0, 0.05) is 26.2 Å². The fourth-order valence-corrected chi connectivity index (χ4v) is 2.13. The molecule has 1 saturated heterocycles. The second kappa shape index (κ2) is 7.20. The highest BCUT2D eigenvalue weighted by Crippen LogP contribution is 2.00. The number of nitrogens with zero attached hydrogens (tertiary/aromatic N) is 3. The summed E-state index contributed by atoms with van der Waals surface area (Å²) in [5, 5.41) is 0. The van der Waals surface area contributed by atoms with Gasteiger partial charge in [-0.3, -0.25) is 0 Å². The Bertz CT molecular complexity index is 153. The Kier molecular flexibility index (Phi) is 6.22. The van der Waals surface area contributed by atoms with E-state index in [0.717, 1.165) is 0 Å². The van der Waals surface area contributed by atoms with E-state index in [4.69, 9.17) is 0 Å². The van der Waals surface area contributed by atoms with Crippen molar-refractivity contribution in [1.82, 2.24) is 14.7 Å². The topological polar surface area (TPSA) is 9.72 Å². The van der Waals surface area contributed by atoms with E-state index in [1.807, 2.05) is 0 Å². The highest BCUT2D eigenvalue weighted by Gasteiger charge is 2.12. The molecule has 0 N–H and O–H groups in total. The summed E-state index contributed by atoms with van der Waals surface area (Å²) >= 11 is 0. The van der Waals surface area contributed by atoms with Crippen molar-refractivity contribution in [1.29, 1.82) is 0 Å². The summed E-state index contributed by atoms with van der Waals surface area (Å²) in [6, 6.07) is 0. The maximum absolute atomic E-state index is 2.60. The first kappa shape index (κ1) is 12.9. The van der Waals surface area contributed by atoms with Crippen LogP contribution in [0, 0.1) is 0 Å². The van der Waals surface area contributed by atoms with Gasteiger partial charge in [-0.15, -0.1) is 0 Å². The second-order valence-electron chi connectivity index (χ2n) is 4.80. The number of piperazine rings is 1. The first-order chi connectivity index (χ1) is 7.22. The van der Waals surface area contributed by atoms with E-state index in [-0.39, 0.29) is 0 Å². The highest BCUT2D eigenvalue weighted by molar-refractivity contribution is 4.69. The lowest BCUT2D eigenvalue weighted by atomic mass is 10.3. The number of hydrogen-bond donors (Lipinski definition) is 0. The van der Waals surface area contributed by atoms with Crippen LogP contribution in [0.15, 0.2) is 0 Å². The van der Waals surface area contributed by atoms with Crippen LogP contribution in [0.25, 0.3) is 0 Å². The minimum Gasteiger partial charge on any atom is -0.306 e. The molecule has 90 valence electrons. The molecule has 0 radical (unpaired) electrons. The van der Waals surface area contributed by atoms with E-state index in [0.29, 0.717) is 0 Å². The van der Waals surface area contributed by atoms with E-state index < -0.39 is 0 Å². The molecule has 1 aliphatic heterocycles. The van der Waals surface area contributed by atoms with Crippen LogP contribution < -0.4 is 0 Å². The number of hydrogen-bond acceptors (Lipinski definition) is 3. The van der Waals surface area contributed by atoms with E-state index in [2.05, 4.69) is 35.7 Å². The van der Waals surface area contributed by atoms with Gasteiger partial charge in [-0.05, 0) is 46.6 Å². The van der Waals surface area contributed by atoms with Gasteiger partial charge in [-0.25, -0.2) is 0 Å². The lowest BCUT2D eigenvalue weighted by Gasteiger charge is -2.32. The molecule has 0 saturated carbocycles. The summed E-state index contributed by atoms with van der Waals surface area (Å²) in [5.41, 5.74) is 0. The third kappa shape index (κ3) is 5.50. The van der Waals surface area contributed by atoms with Crippen molar-refractivity contribution >= 4 is 0 Å². The molecule has 0 aromatic rings. The summed E-state index contributed by atoms with van der Waals surface area (Å²) in [5.74, 6) is 0. The van der Waals surface area contributed by atoms with Crippen molar-refractivity contribution in [3.8, 4) is 0 Å². The van der Waals surface area contributed by atoms with E-state index >= 15 is 0 Å². The molecule has 1 aliphatic rings. The lowest BCUT2D eigenvalue weighted by Crippen LogP contribution is -2.45. The molecule has 0 atom stereocenters. The predicted molar refractivity (Wildman–Crippen MR) is 66.3 cm³/mol. The van der Waals surface area contributed by atoms with Crippen molar-refractivity contribution in [3.05, 3.63) is 0 Å². The molecule has 0 amide bonds. The van der Waals surface area contributed by atoms with Crippen molar-refractivity contribution in [3.63, 3.8) is 0 Å². The Morgan fingerprint density at radius 2 is 1.73 bits per heavy atom. The van der Waals surface area contributed by atoms with Gasteiger partial charge < -0.3 is 14.7 Å². The van der Waals surface area contributed by atoms with Crippen molar-refractivity contribution in [2.45, 2.75) is 19.8 Å². The summed E-state index contributed by atoms with van der Waals surface area (Å²) in [6.45, 7) is 11.0. The Balaban J connectivity index is 2.00. The van der Waals surface area contributed by atoms with E-state index in [1.165, 1.54) is 58.7 Å². The third-order valence-corrected chi connectivity index (χ3v) is 3.22. The summed E-state index contributed by atoms with van der Waals surface area (Å²) < 4.78 is 0. The van der Waals surface area contributed by atoms with Crippen LogP contribution in [0.5, 0.6) is 0 Å². The summed E-state index contributed by atoms with van der Waals surface area (Å²) in [4.78, 5) is 7.45. The fraction of sp³-hybridized carbons (Fsp3) is 1.00. The maximum atomic E-state index is 2.60. The average Bonchev–Trinajstić information content (AvgIpc) is 2.21. The molecule has 0 unspecified atom stereocenters. The van der Waals surface area contributed by atoms with Crippen LogP contribution in [0.1, 0.15) is 19.8 Å². The molecule has 1 fully saturated rings. The first-order valence-corrected chi connectivity index (χ1v) is 6.32. The molecule has 0 aliphatic carbocycles. The van der Waals surface area contributed by atoms with Gasteiger partial charge in [-0.1, -0.05) is 6.92 Å². The average molecular weight is 213 g/mol. The monoisotopic (exact) mass is 213 g/mol. The van der Waals surface area contributed by atoms with Gasteiger partial charge in [-0.2, -0.15) is 0 Å². The zero-order valence-corrected chi connectivity index (χ0v) is 10.7. The maximum Gasteiger partial charge on any atom is 0.0110 e. The largest absolute Gasteiger partial charge is 0.306 e.